The van der Waals surface area contributed by atoms with Gasteiger partial charge in [0.1, 0.15) is 0 Å². The van der Waals surface area contributed by atoms with E-state index in [1.54, 1.807) is 0 Å². The number of aromatic nitrogens is 2. The molecule has 118 valence electrons. The number of rotatable bonds is 7. The fourth-order valence-corrected chi connectivity index (χ4v) is 2.64. The normalized spacial score (nSPS) is 17.3. The van der Waals surface area contributed by atoms with Gasteiger partial charge in [0.05, 0.1) is 6.10 Å². The Labute approximate surface area is 125 Å². The van der Waals surface area contributed by atoms with Crippen molar-refractivity contribution in [3.8, 4) is 0 Å². The summed E-state index contributed by atoms with van der Waals surface area (Å²) in [4.78, 5) is 11.8. The van der Waals surface area contributed by atoms with Crippen LogP contribution in [0, 0.1) is 5.92 Å². The van der Waals surface area contributed by atoms with E-state index in [4.69, 9.17) is 4.42 Å². The summed E-state index contributed by atoms with van der Waals surface area (Å²) in [6.45, 7) is 4.30. The molecule has 6 heteroatoms. The van der Waals surface area contributed by atoms with Gasteiger partial charge in [-0.15, -0.1) is 10.2 Å². The molecule has 1 saturated carbocycles. The molecule has 1 amide bonds. The largest absolute Gasteiger partial charge is 0.425 e. The number of nitrogens with zero attached hydrogens (tertiary/aromatic N) is 2. The van der Waals surface area contributed by atoms with Gasteiger partial charge < -0.3 is 14.8 Å². The van der Waals surface area contributed by atoms with Crippen LogP contribution in [-0.4, -0.2) is 33.9 Å². The smallest absolute Gasteiger partial charge is 0.220 e. The minimum absolute atomic E-state index is 0.0867. The SMILES string of the molecule is CC(C)c1nnc(CCC(=O)NCC(O)C2CCCC2)o1. The van der Waals surface area contributed by atoms with E-state index in [-0.39, 0.29) is 11.8 Å². The van der Waals surface area contributed by atoms with E-state index in [9.17, 15) is 9.90 Å². The first-order chi connectivity index (χ1) is 10.1. The maximum atomic E-state index is 11.8. The van der Waals surface area contributed by atoms with Crippen LogP contribution in [0.2, 0.25) is 0 Å². The van der Waals surface area contributed by atoms with Gasteiger partial charge in [0, 0.05) is 25.3 Å². The first-order valence-electron chi connectivity index (χ1n) is 7.83. The van der Waals surface area contributed by atoms with Crippen molar-refractivity contribution in [3.63, 3.8) is 0 Å². The highest BCUT2D eigenvalue weighted by molar-refractivity contribution is 5.76. The Morgan fingerprint density at radius 2 is 2.10 bits per heavy atom. The molecule has 1 aromatic rings. The van der Waals surface area contributed by atoms with Gasteiger partial charge in [-0.2, -0.15) is 0 Å². The third-order valence-corrected chi connectivity index (χ3v) is 3.99. The lowest BCUT2D eigenvalue weighted by atomic mass is 10.0. The number of nitrogens with one attached hydrogen (secondary N) is 1. The number of hydrogen-bond donors (Lipinski definition) is 2. The molecule has 6 nitrogen and oxygen atoms in total. The highest BCUT2D eigenvalue weighted by atomic mass is 16.4. The third-order valence-electron chi connectivity index (χ3n) is 3.99. The van der Waals surface area contributed by atoms with Crippen molar-refractivity contribution < 1.29 is 14.3 Å². The van der Waals surface area contributed by atoms with E-state index < -0.39 is 6.10 Å². The number of amides is 1. The van der Waals surface area contributed by atoms with Crippen LogP contribution < -0.4 is 5.32 Å². The van der Waals surface area contributed by atoms with Gasteiger partial charge in [-0.3, -0.25) is 4.79 Å². The molecule has 1 aliphatic rings. The predicted octanol–water partition coefficient (Wildman–Crippen LogP) is 1.79. The fraction of sp³-hybridized carbons (Fsp3) is 0.800. The summed E-state index contributed by atoms with van der Waals surface area (Å²) in [6.07, 6.45) is 4.82. The zero-order chi connectivity index (χ0) is 15.2. The first-order valence-corrected chi connectivity index (χ1v) is 7.83. The Morgan fingerprint density at radius 1 is 1.38 bits per heavy atom. The van der Waals surface area contributed by atoms with Gasteiger partial charge in [-0.25, -0.2) is 0 Å². The molecule has 0 saturated heterocycles. The molecule has 0 aliphatic heterocycles. The van der Waals surface area contributed by atoms with Crippen molar-refractivity contribution in [1.82, 2.24) is 15.5 Å². The summed E-state index contributed by atoms with van der Waals surface area (Å²) < 4.78 is 5.45. The lowest BCUT2D eigenvalue weighted by Crippen LogP contribution is -2.35. The van der Waals surface area contributed by atoms with Crippen LogP contribution in [0.5, 0.6) is 0 Å². The summed E-state index contributed by atoms with van der Waals surface area (Å²) in [5.74, 6) is 1.54. The van der Waals surface area contributed by atoms with Crippen LogP contribution in [0.1, 0.15) is 63.7 Å². The number of hydrogen-bond acceptors (Lipinski definition) is 5. The highest BCUT2D eigenvalue weighted by Crippen LogP contribution is 2.27. The van der Waals surface area contributed by atoms with Gasteiger partial charge in [-0.05, 0) is 18.8 Å². The zero-order valence-electron chi connectivity index (χ0n) is 12.8. The van der Waals surface area contributed by atoms with Gasteiger partial charge in [0.25, 0.3) is 0 Å². The summed E-state index contributed by atoms with van der Waals surface area (Å²) in [7, 11) is 0. The summed E-state index contributed by atoms with van der Waals surface area (Å²) in [5, 5.41) is 20.6. The molecule has 1 heterocycles. The van der Waals surface area contributed by atoms with Crippen LogP contribution in [-0.2, 0) is 11.2 Å². The zero-order valence-corrected chi connectivity index (χ0v) is 12.8. The quantitative estimate of drug-likeness (QED) is 0.800. The number of aliphatic hydroxyl groups is 1. The van der Waals surface area contributed by atoms with Crippen molar-refractivity contribution in [1.29, 1.82) is 0 Å². The molecule has 1 fully saturated rings. The number of aliphatic hydroxyl groups excluding tert-OH is 1. The summed E-state index contributed by atoms with van der Waals surface area (Å²) in [6, 6.07) is 0. The number of carbonyl (C=O) groups excluding carboxylic acids is 1. The Bertz CT molecular complexity index is 453. The Kier molecular flexibility index (Phi) is 5.73. The molecule has 2 N–H and O–H groups in total. The Balaban J connectivity index is 1.66. The van der Waals surface area contributed by atoms with E-state index in [1.807, 2.05) is 13.8 Å². The van der Waals surface area contributed by atoms with Crippen LogP contribution in [0.4, 0.5) is 0 Å². The van der Waals surface area contributed by atoms with Crippen molar-refractivity contribution in [2.24, 2.45) is 5.92 Å². The highest BCUT2D eigenvalue weighted by Gasteiger charge is 2.23. The number of aryl methyl sites for hydroxylation is 1. The molecule has 21 heavy (non-hydrogen) atoms. The predicted molar refractivity (Wildman–Crippen MR) is 77.7 cm³/mol. The molecule has 0 spiro atoms. The maximum Gasteiger partial charge on any atom is 0.220 e. The molecule has 1 atom stereocenters. The first kappa shape index (κ1) is 15.9. The van der Waals surface area contributed by atoms with E-state index in [2.05, 4.69) is 15.5 Å². The molecule has 0 radical (unpaired) electrons. The minimum atomic E-state index is -0.424. The summed E-state index contributed by atoms with van der Waals surface area (Å²) >= 11 is 0. The Morgan fingerprint density at radius 3 is 2.71 bits per heavy atom. The topological polar surface area (TPSA) is 88.2 Å². The standard InChI is InChI=1S/C15H25N3O3/c1-10(2)15-18-17-14(21-15)8-7-13(20)16-9-12(19)11-5-3-4-6-11/h10-12,19H,3-9H2,1-2H3,(H,16,20). The van der Waals surface area contributed by atoms with E-state index in [0.717, 1.165) is 12.8 Å². The van der Waals surface area contributed by atoms with Gasteiger partial charge in [0.15, 0.2) is 0 Å². The second-order valence-corrected chi connectivity index (χ2v) is 6.10. The van der Waals surface area contributed by atoms with Crippen molar-refractivity contribution >= 4 is 5.91 Å². The lowest BCUT2D eigenvalue weighted by molar-refractivity contribution is -0.121. The minimum Gasteiger partial charge on any atom is -0.425 e. The average molecular weight is 295 g/mol. The monoisotopic (exact) mass is 295 g/mol. The Hall–Kier alpha value is -1.43. The van der Waals surface area contributed by atoms with Crippen LogP contribution in [0.25, 0.3) is 0 Å². The lowest BCUT2D eigenvalue weighted by Gasteiger charge is -2.17. The molecule has 1 aromatic heterocycles. The van der Waals surface area contributed by atoms with Crippen molar-refractivity contribution in [2.45, 2.75) is 64.4 Å². The molecule has 0 aromatic carbocycles. The van der Waals surface area contributed by atoms with Crippen molar-refractivity contribution in [2.75, 3.05) is 6.54 Å². The maximum absolute atomic E-state index is 11.8. The molecule has 2 rings (SSSR count). The second kappa shape index (κ2) is 7.54. The average Bonchev–Trinajstić information content (AvgIpc) is 3.13. The van der Waals surface area contributed by atoms with Crippen LogP contribution in [0.3, 0.4) is 0 Å². The number of carbonyl (C=O) groups is 1. The van der Waals surface area contributed by atoms with E-state index in [1.165, 1.54) is 12.8 Å². The summed E-state index contributed by atoms with van der Waals surface area (Å²) in [5.41, 5.74) is 0. The molecular formula is C15H25N3O3. The van der Waals surface area contributed by atoms with E-state index in [0.29, 0.717) is 37.1 Å². The van der Waals surface area contributed by atoms with Gasteiger partial charge in [-0.1, -0.05) is 26.7 Å². The van der Waals surface area contributed by atoms with Crippen molar-refractivity contribution in [3.05, 3.63) is 11.8 Å². The third kappa shape index (κ3) is 4.81. The van der Waals surface area contributed by atoms with Crippen LogP contribution in [0.15, 0.2) is 4.42 Å². The molecule has 0 bridgehead atoms. The van der Waals surface area contributed by atoms with Gasteiger partial charge in [0.2, 0.25) is 17.7 Å². The fourth-order valence-electron chi connectivity index (χ4n) is 2.64. The molecule has 1 unspecified atom stereocenters. The van der Waals surface area contributed by atoms with E-state index >= 15 is 0 Å². The van der Waals surface area contributed by atoms with Crippen LogP contribution >= 0.6 is 0 Å². The second-order valence-electron chi connectivity index (χ2n) is 6.10. The molecular weight excluding hydrogens is 270 g/mol. The van der Waals surface area contributed by atoms with Gasteiger partial charge >= 0.3 is 0 Å². The molecule has 1 aliphatic carbocycles.